The highest BCUT2D eigenvalue weighted by Gasteiger charge is 2.55. The first kappa shape index (κ1) is 15.9. The van der Waals surface area contributed by atoms with Crippen molar-refractivity contribution >= 4 is 11.9 Å². The van der Waals surface area contributed by atoms with Crippen molar-refractivity contribution in [1.82, 2.24) is 14.7 Å². The van der Waals surface area contributed by atoms with Gasteiger partial charge in [0.15, 0.2) is 0 Å². The second kappa shape index (κ2) is 5.72. The summed E-state index contributed by atoms with van der Waals surface area (Å²) in [5.41, 5.74) is 1.76. The Morgan fingerprint density at radius 1 is 1.32 bits per heavy atom. The van der Waals surface area contributed by atoms with Crippen molar-refractivity contribution in [3.63, 3.8) is 0 Å². The number of likely N-dealkylation sites (tertiary alicyclic amines) is 1. The molecule has 4 rings (SSSR count). The first-order valence-corrected chi connectivity index (χ1v) is 8.64. The molecule has 1 aliphatic heterocycles. The number of aliphatic carboxylic acids is 1. The highest BCUT2D eigenvalue weighted by Crippen LogP contribution is 2.49. The van der Waals surface area contributed by atoms with Gasteiger partial charge >= 0.3 is 5.97 Å². The number of nitrogens with zero attached hydrogens (tertiary/aromatic N) is 3. The number of benzene rings is 1. The predicted molar refractivity (Wildman–Crippen MR) is 91.6 cm³/mol. The van der Waals surface area contributed by atoms with E-state index in [9.17, 15) is 14.7 Å². The van der Waals surface area contributed by atoms with Crippen LogP contribution in [-0.2, 0) is 4.79 Å². The average Bonchev–Trinajstić information content (AvgIpc) is 3.28. The number of carbonyl (C=O) groups is 2. The lowest BCUT2D eigenvalue weighted by Crippen LogP contribution is -2.37. The Bertz CT molecular complexity index is 844. The Kier molecular flexibility index (Phi) is 3.63. The predicted octanol–water partition coefficient (Wildman–Crippen LogP) is 2.51. The number of rotatable bonds is 3. The number of hydrogen-bond donors (Lipinski definition) is 1. The van der Waals surface area contributed by atoms with Gasteiger partial charge in [-0.2, -0.15) is 5.10 Å². The second-order valence-corrected chi connectivity index (χ2v) is 7.20. The minimum atomic E-state index is -0.763. The van der Waals surface area contributed by atoms with E-state index in [4.69, 9.17) is 0 Å². The van der Waals surface area contributed by atoms with Crippen LogP contribution in [0.4, 0.5) is 0 Å². The van der Waals surface area contributed by atoms with Crippen molar-refractivity contribution in [3.05, 3.63) is 47.8 Å². The van der Waals surface area contributed by atoms with E-state index >= 15 is 0 Å². The minimum Gasteiger partial charge on any atom is -0.481 e. The number of carboxylic acids is 1. The van der Waals surface area contributed by atoms with Crippen LogP contribution in [0.25, 0.3) is 5.69 Å². The first-order chi connectivity index (χ1) is 12.0. The topological polar surface area (TPSA) is 75.4 Å². The molecule has 2 heterocycles. The third-order valence-corrected chi connectivity index (χ3v) is 5.78. The normalized spacial score (nSPS) is 25.2. The van der Waals surface area contributed by atoms with Gasteiger partial charge in [0.25, 0.3) is 5.91 Å². The van der Waals surface area contributed by atoms with Crippen molar-refractivity contribution < 1.29 is 14.7 Å². The number of carbonyl (C=O) groups excluding carboxylic acids is 1. The van der Waals surface area contributed by atoms with E-state index in [0.29, 0.717) is 25.1 Å². The minimum absolute atomic E-state index is 0.0698. The van der Waals surface area contributed by atoms with Crippen LogP contribution in [0.3, 0.4) is 0 Å². The van der Waals surface area contributed by atoms with Crippen LogP contribution in [0.1, 0.15) is 35.2 Å². The summed E-state index contributed by atoms with van der Waals surface area (Å²) in [6.07, 6.45) is 5.78. The fourth-order valence-electron chi connectivity index (χ4n) is 4.36. The molecule has 2 fully saturated rings. The summed E-state index contributed by atoms with van der Waals surface area (Å²) >= 11 is 0. The molecule has 1 amide bonds. The van der Waals surface area contributed by atoms with Crippen LogP contribution in [0.15, 0.2) is 36.7 Å². The van der Waals surface area contributed by atoms with E-state index in [2.05, 4.69) is 5.10 Å². The summed E-state index contributed by atoms with van der Waals surface area (Å²) in [5.74, 6) is -0.823. The van der Waals surface area contributed by atoms with Gasteiger partial charge in [0.1, 0.15) is 0 Å². The molecule has 6 nitrogen and oxygen atoms in total. The lowest BCUT2D eigenvalue weighted by molar-refractivity contribution is -0.149. The van der Waals surface area contributed by atoms with Gasteiger partial charge in [0, 0.05) is 19.3 Å². The molecule has 0 unspecified atom stereocenters. The van der Waals surface area contributed by atoms with Crippen molar-refractivity contribution in [1.29, 1.82) is 0 Å². The molecule has 1 aromatic carbocycles. The van der Waals surface area contributed by atoms with E-state index < -0.39 is 11.4 Å². The van der Waals surface area contributed by atoms with E-state index in [-0.39, 0.29) is 11.8 Å². The van der Waals surface area contributed by atoms with Crippen LogP contribution in [0.5, 0.6) is 0 Å². The summed E-state index contributed by atoms with van der Waals surface area (Å²) < 4.78 is 1.70. The lowest BCUT2D eigenvalue weighted by Gasteiger charge is -2.23. The molecule has 0 radical (unpaired) electrons. The Balaban J connectivity index is 1.57. The van der Waals surface area contributed by atoms with Crippen LogP contribution >= 0.6 is 0 Å². The van der Waals surface area contributed by atoms with Crippen LogP contribution in [-0.4, -0.2) is 44.8 Å². The van der Waals surface area contributed by atoms with Gasteiger partial charge in [0.2, 0.25) is 0 Å². The summed E-state index contributed by atoms with van der Waals surface area (Å²) in [6, 6.07) is 7.85. The van der Waals surface area contributed by atoms with Crippen molar-refractivity contribution in [3.8, 4) is 5.69 Å². The summed E-state index contributed by atoms with van der Waals surface area (Å²) in [5, 5.41) is 14.0. The Morgan fingerprint density at radius 2 is 2.12 bits per heavy atom. The van der Waals surface area contributed by atoms with Crippen molar-refractivity contribution in [2.45, 2.75) is 26.2 Å². The maximum absolute atomic E-state index is 12.9. The van der Waals surface area contributed by atoms with Crippen molar-refractivity contribution in [2.24, 2.45) is 11.3 Å². The zero-order chi connectivity index (χ0) is 17.6. The number of para-hydroxylation sites is 1. The molecule has 2 aliphatic rings. The molecule has 0 spiro atoms. The quantitative estimate of drug-likeness (QED) is 0.932. The molecule has 25 heavy (non-hydrogen) atoms. The molecular weight excluding hydrogens is 318 g/mol. The van der Waals surface area contributed by atoms with Crippen LogP contribution in [0.2, 0.25) is 0 Å². The molecule has 0 bridgehead atoms. The SMILES string of the molecule is Cc1ccccc1-n1cc(C(=O)N2C[C@@H]3CCC[C@@]3(C(=O)O)C2)cn1. The van der Waals surface area contributed by atoms with E-state index in [0.717, 1.165) is 24.1 Å². The number of carboxylic acid groups (broad SMARTS) is 1. The molecule has 6 heteroatoms. The number of aromatic nitrogens is 2. The zero-order valence-electron chi connectivity index (χ0n) is 14.2. The summed E-state index contributed by atoms with van der Waals surface area (Å²) in [4.78, 5) is 26.3. The number of hydrogen-bond acceptors (Lipinski definition) is 3. The third-order valence-electron chi connectivity index (χ3n) is 5.78. The highest BCUT2D eigenvalue weighted by atomic mass is 16.4. The number of fused-ring (bicyclic) bond motifs is 1. The Morgan fingerprint density at radius 3 is 2.84 bits per heavy atom. The maximum atomic E-state index is 12.9. The zero-order valence-corrected chi connectivity index (χ0v) is 14.2. The Hall–Kier alpha value is -2.63. The molecule has 2 atom stereocenters. The monoisotopic (exact) mass is 339 g/mol. The fraction of sp³-hybridized carbons (Fsp3) is 0.421. The van der Waals surface area contributed by atoms with E-state index in [1.165, 1.54) is 0 Å². The van der Waals surface area contributed by atoms with E-state index in [1.807, 2.05) is 31.2 Å². The number of amides is 1. The van der Waals surface area contributed by atoms with Gasteiger partial charge in [-0.3, -0.25) is 9.59 Å². The largest absolute Gasteiger partial charge is 0.481 e. The van der Waals surface area contributed by atoms with Crippen LogP contribution in [0, 0.1) is 18.3 Å². The van der Waals surface area contributed by atoms with Crippen LogP contribution < -0.4 is 0 Å². The van der Waals surface area contributed by atoms with Crippen molar-refractivity contribution in [2.75, 3.05) is 13.1 Å². The molecule has 2 aromatic rings. The van der Waals surface area contributed by atoms with Gasteiger partial charge in [-0.25, -0.2) is 4.68 Å². The molecule has 1 saturated heterocycles. The smallest absolute Gasteiger partial charge is 0.311 e. The fourth-order valence-corrected chi connectivity index (χ4v) is 4.36. The highest BCUT2D eigenvalue weighted by molar-refractivity contribution is 5.94. The summed E-state index contributed by atoms with van der Waals surface area (Å²) in [7, 11) is 0. The van der Waals surface area contributed by atoms with Gasteiger partial charge in [-0.05, 0) is 37.3 Å². The van der Waals surface area contributed by atoms with E-state index in [1.54, 1.807) is 22.0 Å². The molecular formula is C19H21N3O3. The molecule has 1 aromatic heterocycles. The standard InChI is InChI=1S/C19H21N3O3/c1-13-5-2-3-7-16(13)22-10-14(9-20-22)17(23)21-11-15-6-4-8-19(15,12-21)18(24)25/h2-3,5,7,9-10,15H,4,6,8,11-12H2,1H3,(H,24,25)/t15-,19+/m0/s1. The first-order valence-electron chi connectivity index (χ1n) is 8.64. The van der Waals surface area contributed by atoms with Gasteiger partial charge in [-0.15, -0.1) is 0 Å². The van der Waals surface area contributed by atoms with Gasteiger partial charge in [-0.1, -0.05) is 24.6 Å². The molecule has 130 valence electrons. The molecule has 1 saturated carbocycles. The van der Waals surface area contributed by atoms with Gasteiger partial charge in [0.05, 0.1) is 22.9 Å². The average molecular weight is 339 g/mol. The molecule has 1 aliphatic carbocycles. The maximum Gasteiger partial charge on any atom is 0.311 e. The number of aryl methyl sites for hydroxylation is 1. The second-order valence-electron chi connectivity index (χ2n) is 7.20. The van der Waals surface area contributed by atoms with Gasteiger partial charge < -0.3 is 10.0 Å². The summed E-state index contributed by atoms with van der Waals surface area (Å²) in [6.45, 7) is 2.83. The lowest BCUT2D eigenvalue weighted by atomic mass is 9.81. The molecule has 1 N–H and O–H groups in total. The third kappa shape index (κ3) is 2.44. The Labute approximate surface area is 146 Å².